The number of carbonyl (C=O) groups excluding carboxylic acids is 1. The number of hydrogen-bond donors (Lipinski definition) is 2. The van der Waals surface area contributed by atoms with Gasteiger partial charge in [0.15, 0.2) is 0 Å². The van der Waals surface area contributed by atoms with Gasteiger partial charge in [0.25, 0.3) is 0 Å². The number of carboxylic acid groups (broad SMARTS) is 1. The fourth-order valence-corrected chi connectivity index (χ4v) is 1.87. The number of nitrogens with one attached hydrogen (secondary N) is 1. The lowest BCUT2D eigenvalue weighted by Gasteiger charge is -2.26. The molecule has 6 heteroatoms. The Bertz CT molecular complexity index is 401. The molecule has 1 aromatic rings. The van der Waals surface area contributed by atoms with Crippen LogP contribution in [0, 0.1) is 0 Å². The Morgan fingerprint density at radius 1 is 1.42 bits per heavy atom. The van der Waals surface area contributed by atoms with Crippen molar-refractivity contribution >= 4 is 11.9 Å². The lowest BCUT2D eigenvalue weighted by molar-refractivity contribution is -0.137. The maximum absolute atomic E-state index is 12.0. The van der Waals surface area contributed by atoms with Crippen LogP contribution >= 0.6 is 0 Å². The average molecular weight is 267 g/mol. The van der Waals surface area contributed by atoms with E-state index >= 15 is 0 Å². The molecule has 0 atom stereocenters. The summed E-state index contributed by atoms with van der Waals surface area (Å²) in [6.45, 7) is 4.54. The molecule has 0 saturated carbocycles. The van der Waals surface area contributed by atoms with E-state index in [1.165, 1.54) is 0 Å². The van der Waals surface area contributed by atoms with Gasteiger partial charge in [-0.2, -0.15) is 0 Å². The van der Waals surface area contributed by atoms with Crippen LogP contribution in [0.25, 0.3) is 0 Å². The number of hydrogen-bond acceptors (Lipinski definition) is 3. The Hall–Kier alpha value is -1.85. The fraction of sp³-hybridized carbons (Fsp3) is 0.615. The molecule has 106 valence electrons. The molecule has 1 heterocycles. The number of rotatable bonds is 8. The molecule has 0 aromatic carbocycles. The summed E-state index contributed by atoms with van der Waals surface area (Å²) in [5.41, 5.74) is 0.990. The summed E-state index contributed by atoms with van der Waals surface area (Å²) in [4.78, 5) is 31.2. The van der Waals surface area contributed by atoms with Gasteiger partial charge < -0.3 is 15.0 Å². The summed E-state index contributed by atoms with van der Waals surface area (Å²) in [5.74, 6) is -0.850. The van der Waals surface area contributed by atoms with E-state index in [0.717, 1.165) is 12.1 Å². The zero-order chi connectivity index (χ0) is 14.3. The third-order valence-electron chi connectivity index (χ3n) is 2.90. The third kappa shape index (κ3) is 5.54. The second-order valence-electron chi connectivity index (χ2n) is 4.76. The lowest BCUT2D eigenvalue weighted by atomic mass is 10.2. The average Bonchev–Trinajstić information content (AvgIpc) is 2.81. The van der Waals surface area contributed by atoms with Crippen molar-refractivity contribution in [3.05, 3.63) is 18.2 Å². The van der Waals surface area contributed by atoms with E-state index in [9.17, 15) is 9.59 Å². The Labute approximate surface area is 112 Å². The van der Waals surface area contributed by atoms with Gasteiger partial charge in [0.2, 0.25) is 5.91 Å². The van der Waals surface area contributed by atoms with Crippen molar-refractivity contribution in [3.63, 3.8) is 0 Å². The zero-order valence-corrected chi connectivity index (χ0v) is 11.4. The van der Waals surface area contributed by atoms with Crippen LogP contribution in [0.4, 0.5) is 0 Å². The molecular weight excluding hydrogens is 246 g/mol. The highest BCUT2D eigenvalue weighted by Gasteiger charge is 2.16. The normalized spacial score (nSPS) is 10.7. The fourth-order valence-electron chi connectivity index (χ4n) is 1.87. The van der Waals surface area contributed by atoms with Crippen molar-refractivity contribution in [1.29, 1.82) is 0 Å². The van der Waals surface area contributed by atoms with Gasteiger partial charge >= 0.3 is 5.97 Å². The number of aliphatic carboxylic acids is 1. The SMILES string of the molecule is CC(C)N(CCc1cnc[nH]1)C(=O)CCCC(=O)O. The van der Waals surface area contributed by atoms with E-state index in [2.05, 4.69) is 9.97 Å². The second-order valence-corrected chi connectivity index (χ2v) is 4.76. The van der Waals surface area contributed by atoms with Crippen molar-refractivity contribution in [3.8, 4) is 0 Å². The third-order valence-corrected chi connectivity index (χ3v) is 2.90. The first-order valence-electron chi connectivity index (χ1n) is 6.49. The molecule has 0 aliphatic heterocycles. The molecule has 0 radical (unpaired) electrons. The van der Waals surface area contributed by atoms with E-state index in [0.29, 0.717) is 13.0 Å². The van der Waals surface area contributed by atoms with E-state index in [4.69, 9.17) is 5.11 Å². The molecule has 0 unspecified atom stereocenters. The maximum atomic E-state index is 12.0. The standard InChI is InChI=1S/C13H21N3O3/c1-10(2)16(7-6-11-8-14-9-15-11)12(17)4-3-5-13(18)19/h8-10H,3-7H2,1-2H3,(H,14,15)(H,18,19). The highest BCUT2D eigenvalue weighted by molar-refractivity contribution is 5.77. The van der Waals surface area contributed by atoms with Crippen molar-refractivity contribution in [2.45, 2.75) is 45.6 Å². The Balaban J connectivity index is 2.42. The number of amides is 1. The number of H-pyrrole nitrogens is 1. The van der Waals surface area contributed by atoms with Gasteiger partial charge in [-0.1, -0.05) is 0 Å². The van der Waals surface area contributed by atoms with Crippen molar-refractivity contribution < 1.29 is 14.7 Å². The summed E-state index contributed by atoms with van der Waals surface area (Å²) < 4.78 is 0. The molecule has 0 bridgehead atoms. The number of carboxylic acids is 1. The highest BCUT2D eigenvalue weighted by Crippen LogP contribution is 2.07. The summed E-state index contributed by atoms with van der Waals surface area (Å²) in [7, 11) is 0. The summed E-state index contributed by atoms with van der Waals surface area (Å²) in [5, 5.41) is 8.57. The van der Waals surface area contributed by atoms with E-state index < -0.39 is 5.97 Å². The largest absolute Gasteiger partial charge is 0.481 e. The van der Waals surface area contributed by atoms with Crippen LogP contribution in [0.3, 0.4) is 0 Å². The second kappa shape index (κ2) is 7.56. The number of aromatic amines is 1. The maximum Gasteiger partial charge on any atom is 0.303 e. The number of imidazole rings is 1. The van der Waals surface area contributed by atoms with E-state index in [1.807, 2.05) is 13.8 Å². The van der Waals surface area contributed by atoms with Crippen LogP contribution in [0.2, 0.25) is 0 Å². The molecule has 6 nitrogen and oxygen atoms in total. The van der Waals surface area contributed by atoms with Gasteiger partial charge in [-0.3, -0.25) is 9.59 Å². The van der Waals surface area contributed by atoms with Gasteiger partial charge in [0, 0.05) is 43.7 Å². The Morgan fingerprint density at radius 2 is 2.16 bits per heavy atom. The zero-order valence-electron chi connectivity index (χ0n) is 11.4. The summed E-state index contributed by atoms with van der Waals surface area (Å²) >= 11 is 0. The Kier molecular flexibility index (Phi) is 6.05. The van der Waals surface area contributed by atoms with Crippen LogP contribution in [0.1, 0.15) is 38.8 Å². The van der Waals surface area contributed by atoms with Crippen LogP contribution in [-0.4, -0.2) is 44.4 Å². The first kappa shape index (κ1) is 15.2. The highest BCUT2D eigenvalue weighted by atomic mass is 16.4. The quantitative estimate of drug-likeness (QED) is 0.746. The minimum Gasteiger partial charge on any atom is -0.481 e. The van der Waals surface area contributed by atoms with Crippen LogP contribution in [0.15, 0.2) is 12.5 Å². The lowest BCUT2D eigenvalue weighted by Crippen LogP contribution is -2.38. The molecule has 0 aliphatic carbocycles. The summed E-state index contributed by atoms with van der Waals surface area (Å²) in [6, 6.07) is 0.111. The molecule has 19 heavy (non-hydrogen) atoms. The molecule has 1 rings (SSSR count). The smallest absolute Gasteiger partial charge is 0.303 e. The van der Waals surface area contributed by atoms with Crippen LogP contribution in [0.5, 0.6) is 0 Å². The van der Waals surface area contributed by atoms with E-state index in [1.54, 1.807) is 17.4 Å². The molecular formula is C13H21N3O3. The van der Waals surface area contributed by atoms with Gasteiger partial charge in [-0.15, -0.1) is 0 Å². The minimum absolute atomic E-state index is 0.00997. The number of carbonyl (C=O) groups is 2. The first-order valence-corrected chi connectivity index (χ1v) is 6.49. The first-order chi connectivity index (χ1) is 9.00. The van der Waals surface area contributed by atoms with Crippen molar-refractivity contribution in [1.82, 2.24) is 14.9 Å². The predicted molar refractivity (Wildman–Crippen MR) is 70.6 cm³/mol. The number of aromatic nitrogens is 2. The predicted octanol–water partition coefficient (Wildman–Crippen LogP) is 1.44. The van der Waals surface area contributed by atoms with Gasteiger partial charge in [0.1, 0.15) is 0 Å². The van der Waals surface area contributed by atoms with Crippen LogP contribution in [-0.2, 0) is 16.0 Å². The monoisotopic (exact) mass is 267 g/mol. The van der Waals surface area contributed by atoms with Crippen LogP contribution < -0.4 is 0 Å². The minimum atomic E-state index is -0.860. The van der Waals surface area contributed by atoms with Crippen molar-refractivity contribution in [2.24, 2.45) is 0 Å². The van der Waals surface area contributed by atoms with E-state index in [-0.39, 0.29) is 24.8 Å². The molecule has 1 amide bonds. The molecule has 0 saturated heterocycles. The molecule has 2 N–H and O–H groups in total. The van der Waals surface area contributed by atoms with Gasteiger partial charge in [-0.25, -0.2) is 4.98 Å². The van der Waals surface area contributed by atoms with Gasteiger partial charge in [0.05, 0.1) is 6.33 Å². The van der Waals surface area contributed by atoms with Crippen molar-refractivity contribution in [2.75, 3.05) is 6.54 Å². The Morgan fingerprint density at radius 3 is 2.68 bits per heavy atom. The number of nitrogens with zero attached hydrogens (tertiary/aromatic N) is 2. The topological polar surface area (TPSA) is 86.3 Å². The molecule has 1 aromatic heterocycles. The summed E-state index contributed by atoms with van der Waals surface area (Å²) in [6.07, 6.45) is 4.80. The van der Waals surface area contributed by atoms with Gasteiger partial charge in [-0.05, 0) is 20.3 Å². The molecule has 0 aliphatic rings. The molecule has 0 spiro atoms. The molecule has 0 fully saturated rings.